The Morgan fingerprint density at radius 1 is 1.14 bits per heavy atom. The van der Waals surface area contributed by atoms with Crippen molar-refractivity contribution in [2.45, 2.75) is 25.7 Å². The summed E-state index contributed by atoms with van der Waals surface area (Å²) in [5.74, 6) is 0.338. The summed E-state index contributed by atoms with van der Waals surface area (Å²) >= 11 is 5.04. The molecule has 3 aromatic rings. The molecule has 1 amide bonds. The zero-order valence-corrected chi connectivity index (χ0v) is 18.1. The highest BCUT2D eigenvalue weighted by atomic mass is 79.9. The third-order valence-electron chi connectivity index (χ3n) is 4.93. The zero-order valence-electron chi connectivity index (χ0n) is 15.7. The van der Waals surface area contributed by atoms with Crippen molar-refractivity contribution in [3.63, 3.8) is 0 Å². The summed E-state index contributed by atoms with van der Waals surface area (Å²) in [6, 6.07) is 18.1. The Morgan fingerprint density at radius 3 is 2.69 bits per heavy atom. The smallest absolute Gasteiger partial charge is 0.262 e. The molecule has 0 fully saturated rings. The number of rotatable bonds is 5. The van der Waals surface area contributed by atoms with E-state index in [2.05, 4.69) is 27.3 Å². The number of hydrogen-bond acceptors (Lipinski definition) is 4. The molecule has 0 atom stereocenters. The van der Waals surface area contributed by atoms with E-state index in [0.717, 1.165) is 46.8 Å². The Kier molecular flexibility index (Phi) is 5.98. The summed E-state index contributed by atoms with van der Waals surface area (Å²) in [5, 5.41) is 13.0. The quantitative estimate of drug-likeness (QED) is 0.505. The Morgan fingerprint density at radius 2 is 1.93 bits per heavy atom. The monoisotopic (exact) mass is 466 g/mol. The van der Waals surface area contributed by atoms with E-state index in [0.29, 0.717) is 16.3 Å². The van der Waals surface area contributed by atoms with Crippen LogP contribution >= 0.6 is 27.3 Å². The van der Waals surface area contributed by atoms with Crippen molar-refractivity contribution in [2.24, 2.45) is 0 Å². The van der Waals surface area contributed by atoms with Crippen molar-refractivity contribution < 1.29 is 9.53 Å². The molecule has 0 saturated carbocycles. The average Bonchev–Trinajstić information content (AvgIpc) is 3.10. The highest BCUT2D eigenvalue weighted by Gasteiger charge is 2.22. The Balaban J connectivity index is 1.42. The van der Waals surface area contributed by atoms with Crippen LogP contribution in [-0.4, -0.2) is 12.5 Å². The van der Waals surface area contributed by atoms with Gasteiger partial charge in [0, 0.05) is 4.88 Å². The fourth-order valence-corrected chi connectivity index (χ4v) is 5.26. The largest absolute Gasteiger partial charge is 0.483 e. The number of nitrogens with one attached hydrogen (secondary N) is 1. The van der Waals surface area contributed by atoms with Crippen molar-refractivity contribution in [1.82, 2.24) is 0 Å². The van der Waals surface area contributed by atoms with Crippen LogP contribution in [0.15, 0.2) is 53.0 Å². The molecule has 0 saturated heterocycles. The number of ether oxygens (including phenoxy) is 1. The van der Waals surface area contributed by atoms with Crippen LogP contribution in [0.3, 0.4) is 0 Å². The number of amides is 1. The van der Waals surface area contributed by atoms with E-state index in [9.17, 15) is 10.1 Å². The van der Waals surface area contributed by atoms with Gasteiger partial charge in [0.1, 0.15) is 16.8 Å². The minimum Gasteiger partial charge on any atom is -0.483 e. The zero-order chi connectivity index (χ0) is 20.2. The SMILES string of the molecule is N#Cc1c(NC(=O)COc2ccc(-c3ccccc3)cc2Br)sc2c1CCCC2. The molecule has 29 heavy (non-hydrogen) atoms. The predicted molar refractivity (Wildman–Crippen MR) is 119 cm³/mol. The topological polar surface area (TPSA) is 62.1 Å². The fraction of sp³-hybridized carbons (Fsp3) is 0.217. The van der Waals surface area contributed by atoms with Gasteiger partial charge in [-0.25, -0.2) is 0 Å². The number of carbonyl (C=O) groups is 1. The molecular formula is C23H19BrN2O2S. The average molecular weight is 467 g/mol. The highest BCUT2D eigenvalue weighted by molar-refractivity contribution is 9.10. The first kappa shape index (κ1) is 19.7. The van der Waals surface area contributed by atoms with Gasteiger partial charge in [-0.3, -0.25) is 4.79 Å². The Bertz CT molecular complexity index is 1090. The molecule has 1 aromatic heterocycles. The van der Waals surface area contributed by atoms with Crippen molar-refractivity contribution in [3.8, 4) is 22.9 Å². The van der Waals surface area contributed by atoms with Gasteiger partial charge in [-0.05, 0) is 70.4 Å². The number of anilines is 1. The summed E-state index contributed by atoms with van der Waals surface area (Å²) in [4.78, 5) is 13.6. The van der Waals surface area contributed by atoms with E-state index in [1.807, 2.05) is 48.5 Å². The van der Waals surface area contributed by atoms with Gasteiger partial charge in [-0.15, -0.1) is 11.3 Å². The molecule has 0 bridgehead atoms. The van der Waals surface area contributed by atoms with Gasteiger partial charge < -0.3 is 10.1 Å². The van der Waals surface area contributed by atoms with E-state index < -0.39 is 0 Å². The second-order valence-electron chi connectivity index (χ2n) is 6.87. The number of nitriles is 1. The van der Waals surface area contributed by atoms with Crippen LogP contribution in [-0.2, 0) is 17.6 Å². The van der Waals surface area contributed by atoms with Gasteiger partial charge in [0.25, 0.3) is 5.91 Å². The van der Waals surface area contributed by atoms with E-state index >= 15 is 0 Å². The lowest BCUT2D eigenvalue weighted by atomic mass is 9.96. The molecule has 1 heterocycles. The fourth-order valence-electron chi connectivity index (χ4n) is 3.51. The molecule has 0 spiro atoms. The van der Waals surface area contributed by atoms with Gasteiger partial charge in [0.2, 0.25) is 0 Å². The molecule has 1 aliphatic rings. The molecule has 1 aliphatic carbocycles. The van der Waals surface area contributed by atoms with Gasteiger partial charge in [-0.1, -0.05) is 36.4 Å². The van der Waals surface area contributed by atoms with E-state index in [1.54, 1.807) is 0 Å². The van der Waals surface area contributed by atoms with E-state index in [-0.39, 0.29) is 12.5 Å². The molecule has 1 N–H and O–H groups in total. The second-order valence-corrected chi connectivity index (χ2v) is 8.83. The summed E-state index contributed by atoms with van der Waals surface area (Å²) < 4.78 is 6.49. The summed E-state index contributed by atoms with van der Waals surface area (Å²) in [6.07, 6.45) is 4.15. The first-order chi connectivity index (χ1) is 14.2. The van der Waals surface area contributed by atoms with Crippen molar-refractivity contribution in [2.75, 3.05) is 11.9 Å². The van der Waals surface area contributed by atoms with E-state index in [1.165, 1.54) is 16.2 Å². The number of thiophene rings is 1. The van der Waals surface area contributed by atoms with Crippen LogP contribution in [0.5, 0.6) is 5.75 Å². The molecule has 0 aliphatic heterocycles. The van der Waals surface area contributed by atoms with Crippen LogP contribution in [0.4, 0.5) is 5.00 Å². The molecule has 2 aromatic carbocycles. The number of nitrogens with zero attached hydrogens (tertiary/aromatic N) is 1. The predicted octanol–water partition coefficient (Wildman–Crippen LogP) is 5.95. The summed E-state index contributed by atoms with van der Waals surface area (Å²) in [7, 11) is 0. The van der Waals surface area contributed by atoms with Gasteiger partial charge in [0.05, 0.1) is 10.0 Å². The maximum absolute atomic E-state index is 12.4. The molecule has 6 heteroatoms. The van der Waals surface area contributed by atoms with Crippen molar-refractivity contribution >= 4 is 38.2 Å². The number of aryl methyl sites for hydroxylation is 1. The Labute approximate surface area is 182 Å². The van der Waals surface area contributed by atoms with Gasteiger partial charge in [-0.2, -0.15) is 5.26 Å². The first-order valence-corrected chi connectivity index (χ1v) is 11.1. The number of benzene rings is 2. The second kappa shape index (κ2) is 8.81. The third kappa shape index (κ3) is 4.36. The molecule has 4 rings (SSSR count). The van der Waals surface area contributed by atoms with E-state index in [4.69, 9.17) is 4.74 Å². The minimum absolute atomic E-state index is 0.114. The number of fused-ring (bicyclic) bond motifs is 1. The van der Waals surface area contributed by atoms with Crippen molar-refractivity contribution in [1.29, 1.82) is 5.26 Å². The lowest BCUT2D eigenvalue weighted by molar-refractivity contribution is -0.118. The summed E-state index contributed by atoms with van der Waals surface area (Å²) in [6.45, 7) is -0.114. The maximum Gasteiger partial charge on any atom is 0.262 e. The highest BCUT2D eigenvalue weighted by Crippen LogP contribution is 2.37. The normalized spacial score (nSPS) is 12.7. The van der Waals surface area contributed by atoms with Gasteiger partial charge in [0.15, 0.2) is 6.61 Å². The summed E-state index contributed by atoms with van der Waals surface area (Å²) in [5.41, 5.74) is 3.91. The lowest BCUT2D eigenvalue weighted by Crippen LogP contribution is -2.20. The van der Waals surface area contributed by atoms with Crippen LogP contribution in [0.25, 0.3) is 11.1 Å². The minimum atomic E-state index is -0.265. The van der Waals surface area contributed by atoms with Crippen molar-refractivity contribution in [3.05, 3.63) is 69.0 Å². The molecule has 4 nitrogen and oxygen atoms in total. The maximum atomic E-state index is 12.4. The lowest BCUT2D eigenvalue weighted by Gasteiger charge is -2.10. The third-order valence-corrected chi connectivity index (χ3v) is 6.76. The van der Waals surface area contributed by atoms with Crippen LogP contribution in [0.2, 0.25) is 0 Å². The molecule has 0 radical (unpaired) electrons. The molecular weight excluding hydrogens is 448 g/mol. The van der Waals surface area contributed by atoms with Crippen LogP contribution in [0.1, 0.15) is 28.8 Å². The number of halogens is 1. The first-order valence-electron chi connectivity index (χ1n) is 9.48. The molecule has 0 unspecified atom stereocenters. The van der Waals surface area contributed by atoms with Crippen LogP contribution < -0.4 is 10.1 Å². The number of hydrogen-bond donors (Lipinski definition) is 1. The Hall–Kier alpha value is -2.62. The van der Waals surface area contributed by atoms with Crippen LogP contribution in [0, 0.1) is 11.3 Å². The molecule has 146 valence electrons. The number of carbonyl (C=O) groups excluding carboxylic acids is 1. The standard InChI is InChI=1S/C23H19BrN2O2S/c24-19-12-16(15-6-2-1-3-7-15)10-11-20(19)28-14-22(27)26-23-18(13-25)17-8-4-5-9-21(17)29-23/h1-3,6-7,10-12H,4-5,8-9,14H2,(H,26,27). The van der Waals surface area contributed by atoms with Gasteiger partial charge >= 0.3 is 0 Å².